The van der Waals surface area contributed by atoms with E-state index in [1.54, 1.807) is 0 Å². The van der Waals surface area contributed by atoms with Crippen LogP contribution in [-0.2, 0) is 0 Å². The van der Waals surface area contributed by atoms with Crippen LogP contribution in [0.25, 0.3) is 32.3 Å². The number of nitrogens with one attached hydrogen (secondary N) is 1. The molecule has 0 spiro atoms. The second-order valence-electron chi connectivity index (χ2n) is 7.63. The van der Waals surface area contributed by atoms with Gasteiger partial charge in [0.05, 0.1) is 6.42 Å². The summed E-state index contributed by atoms with van der Waals surface area (Å²) in [6.07, 6.45) is -5.03. The summed E-state index contributed by atoms with van der Waals surface area (Å²) in [7, 11) is 0. The molecule has 1 N–H and O–H groups in total. The lowest BCUT2D eigenvalue weighted by Gasteiger charge is -2.36. The summed E-state index contributed by atoms with van der Waals surface area (Å²) < 4.78 is 40.5. The lowest BCUT2D eigenvalue weighted by atomic mass is 9.88. The van der Waals surface area contributed by atoms with Crippen LogP contribution >= 0.6 is 24.8 Å². The number of piperazine rings is 1. The van der Waals surface area contributed by atoms with Crippen molar-refractivity contribution in [3.63, 3.8) is 0 Å². The number of rotatable bonds is 3. The van der Waals surface area contributed by atoms with E-state index >= 15 is 0 Å². The topological polar surface area (TPSA) is 15.3 Å². The molecule has 1 aliphatic heterocycles. The fourth-order valence-corrected chi connectivity index (χ4v) is 4.70. The number of benzene rings is 4. The van der Waals surface area contributed by atoms with Gasteiger partial charge in [0.25, 0.3) is 0 Å². The molecule has 0 bridgehead atoms. The first-order valence-corrected chi connectivity index (χ1v) is 9.69. The largest absolute Gasteiger partial charge is 0.390 e. The Bertz CT molecular complexity index is 1120. The molecule has 30 heavy (non-hydrogen) atoms. The van der Waals surface area contributed by atoms with Crippen molar-refractivity contribution in [2.75, 3.05) is 26.2 Å². The molecule has 0 radical (unpaired) electrons. The van der Waals surface area contributed by atoms with Crippen LogP contribution in [0.15, 0.2) is 54.6 Å². The zero-order valence-corrected chi connectivity index (χ0v) is 17.8. The zero-order valence-electron chi connectivity index (χ0n) is 16.2. The molecule has 160 valence electrons. The van der Waals surface area contributed by atoms with Gasteiger partial charge in [-0.1, -0.05) is 54.6 Å². The Kier molecular flexibility index (Phi) is 6.68. The molecule has 1 fully saturated rings. The van der Waals surface area contributed by atoms with Crippen LogP contribution in [0.4, 0.5) is 13.2 Å². The van der Waals surface area contributed by atoms with Gasteiger partial charge in [-0.05, 0) is 37.9 Å². The molecule has 0 aromatic heterocycles. The summed E-state index contributed by atoms with van der Waals surface area (Å²) in [5, 5.41) is 9.73. The number of nitrogens with zero attached hydrogens (tertiary/aromatic N) is 1. The van der Waals surface area contributed by atoms with Crippen LogP contribution in [0, 0.1) is 0 Å². The van der Waals surface area contributed by atoms with Crippen molar-refractivity contribution in [2.45, 2.75) is 18.6 Å². The van der Waals surface area contributed by atoms with Gasteiger partial charge >= 0.3 is 6.18 Å². The molecule has 4 aromatic carbocycles. The van der Waals surface area contributed by atoms with E-state index in [0.717, 1.165) is 51.0 Å². The molecular weight excluding hydrogens is 432 g/mol. The Morgan fingerprint density at radius 3 is 2.00 bits per heavy atom. The Hall–Kier alpha value is -1.79. The molecule has 1 aliphatic rings. The van der Waals surface area contributed by atoms with Crippen LogP contribution in [-0.4, -0.2) is 37.3 Å². The molecule has 0 saturated carbocycles. The smallest absolute Gasteiger partial charge is 0.314 e. The van der Waals surface area contributed by atoms with E-state index in [0.29, 0.717) is 13.1 Å². The zero-order chi connectivity index (χ0) is 19.3. The van der Waals surface area contributed by atoms with Crippen LogP contribution < -0.4 is 5.32 Å². The predicted octanol–water partition coefficient (Wildman–Crippen LogP) is 6.33. The second-order valence-corrected chi connectivity index (χ2v) is 7.63. The summed E-state index contributed by atoms with van der Waals surface area (Å²) in [6.45, 7) is 2.70. The van der Waals surface area contributed by atoms with E-state index in [9.17, 15) is 13.2 Å². The first-order valence-electron chi connectivity index (χ1n) is 9.69. The third kappa shape index (κ3) is 4.04. The molecule has 4 aromatic rings. The number of alkyl halides is 3. The Morgan fingerprint density at radius 1 is 0.800 bits per heavy atom. The highest BCUT2D eigenvalue weighted by Crippen LogP contribution is 2.41. The van der Waals surface area contributed by atoms with Gasteiger partial charge in [0.2, 0.25) is 0 Å². The summed E-state index contributed by atoms with van der Waals surface area (Å²) >= 11 is 0. The normalized spacial score (nSPS) is 16.5. The highest BCUT2D eigenvalue weighted by Gasteiger charge is 2.36. The van der Waals surface area contributed by atoms with Crippen molar-refractivity contribution in [2.24, 2.45) is 0 Å². The predicted molar refractivity (Wildman–Crippen MR) is 122 cm³/mol. The van der Waals surface area contributed by atoms with E-state index in [1.807, 2.05) is 35.2 Å². The SMILES string of the molecule is Cl.Cl.FC(F)(F)C[C@@H](c1ccc2ccc3cccc4ccc1c2c34)N1CCNCC1. The van der Waals surface area contributed by atoms with Crippen molar-refractivity contribution in [3.8, 4) is 0 Å². The third-order valence-electron chi connectivity index (χ3n) is 5.94. The summed E-state index contributed by atoms with van der Waals surface area (Å²) in [6, 6.07) is 17.6. The molecule has 2 nitrogen and oxygen atoms in total. The lowest BCUT2D eigenvalue weighted by molar-refractivity contribution is -0.148. The molecule has 0 unspecified atom stereocenters. The van der Waals surface area contributed by atoms with Gasteiger partial charge in [0, 0.05) is 32.2 Å². The molecule has 1 heterocycles. The van der Waals surface area contributed by atoms with E-state index < -0.39 is 18.6 Å². The van der Waals surface area contributed by atoms with Crippen molar-refractivity contribution >= 4 is 57.1 Å². The average Bonchev–Trinajstić information content (AvgIpc) is 2.70. The maximum atomic E-state index is 13.5. The molecule has 0 amide bonds. The molecule has 1 atom stereocenters. The minimum Gasteiger partial charge on any atom is -0.314 e. The third-order valence-corrected chi connectivity index (χ3v) is 5.94. The lowest BCUT2D eigenvalue weighted by Crippen LogP contribution is -2.46. The van der Waals surface area contributed by atoms with E-state index in [4.69, 9.17) is 0 Å². The standard InChI is InChI=1S/C23H21F3N2.2ClH/c24-23(25,26)14-20(28-12-10-27-11-13-28)18-8-6-17-5-4-15-2-1-3-16-7-9-19(18)22(17)21(15)16;;/h1-9,20,27H,10-14H2;2*1H/t20-;;/m0../s1. The van der Waals surface area contributed by atoms with Crippen molar-refractivity contribution in [3.05, 3.63) is 60.2 Å². The number of hydrogen-bond donors (Lipinski definition) is 1. The van der Waals surface area contributed by atoms with Gasteiger partial charge in [-0.15, -0.1) is 24.8 Å². The number of halogens is 5. The van der Waals surface area contributed by atoms with Gasteiger partial charge in [-0.3, -0.25) is 4.90 Å². The van der Waals surface area contributed by atoms with E-state index in [2.05, 4.69) is 29.6 Å². The fourth-order valence-electron chi connectivity index (χ4n) is 4.70. The minimum atomic E-state index is -4.21. The molecule has 7 heteroatoms. The molecule has 0 aliphatic carbocycles. The molecule has 5 rings (SSSR count). The highest BCUT2D eigenvalue weighted by molar-refractivity contribution is 6.23. The van der Waals surface area contributed by atoms with Crippen LogP contribution in [0.2, 0.25) is 0 Å². The van der Waals surface area contributed by atoms with Crippen molar-refractivity contribution < 1.29 is 13.2 Å². The van der Waals surface area contributed by atoms with Crippen molar-refractivity contribution in [1.29, 1.82) is 0 Å². The van der Waals surface area contributed by atoms with Gasteiger partial charge < -0.3 is 5.32 Å². The van der Waals surface area contributed by atoms with Crippen molar-refractivity contribution in [1.82, 2.24) is 10.2 Å². The maximum Gasteiger partial charge on any atom is 0.390 e. The van der Waals surface area contributed by atoms with Gasteiger partial charge in [0.15, 0.2) is 0 Å². The maximum absolute atomic E-state index is 13.5. The molecule has 1 saturated heterocycles. The highest BCUT2D eigenvalue weighted by atomic mass is 35.5. The van der Waals surface area contributed by atoms with Crippen LogP contribution in [0.1, 0.15) is 18.0 Å². The summed E-state index contributed by atoms with van der Waals surface area (Å²) in [5.41, 5.74) is 0.782. The Balaban J connectivity index is 0.00000128. The second kappa shape index (κ2) is 8.75. The minimum absolute atomic E-state index is 0. The number of hydrogen-bond acceptors (Lipinski definition) is 2. The van der Waals surface area contributed by atoms with Crippen LogP contribution in [0.5, 0.6) is 0 Å². The molecular formula is C23H23Cl2F3N2. The monoisotopic (exact) mass is 454 g/mol. The Morgan fingerprint density at radius 2 is 1.37 bits per heavy atom. The average molecular weight is 455 g/mol. The van der Waals surface area contributed by atoms with Crippen LogP contribution in [0.3, 0.4) is 0 Å². The van der Waals surface area contributed by atoms with Gasteiger partial charge in [0.1, 0.15) is 0 Å². The Labute approximate surface area is 185 Å². The van der Waals surface area contributed by atoms with E-state index in [-0.39, 0.29) is 24.8 Å². The van der Waals surface area contributed by atoms with E-state index in [1.165, 1.54) is 0 Å². The van der Waals surface area contributed by atoms with Gasteiger partial charge in [-0.2, -0.15) is 13.2 Å². The summed E-state index contributed by atoms with van der Waals surface area (Å²) in [5.74, 6) is 0. The quantitative estimate of drug-likeness (QED) is 0.364. The summed E-state index contributed by atoms with van der Waals surface area (Å²) in [4.78, 5) is 1.98. The first kappa shape index (κ1) is 22.9. The fraction of sp³-hybridized carbons (Fsp3) is 0.304. The van der Waals surface area contributed by atoms with Gasteiger partial charge in [-0.25, -0.2) is 0 Å². The first-order chi connectivity index (χ1) is 13.5.